The van der Waals surface area contributed by atoms with E-state index in [1.54, 1.807) is 0 Å². The van der Waals surface area contributed by atoms with Gasteiger partial charge in [-0.15, -0.1) is 0 Å². The summed E-state index contributed by atoms with van der Waals surface area (Å²) in [6.45, 7) is 3.04. The number of halogens is 1. The van der Waals surface area contributed by atoms with Crippen molar-refractivity contribution in [3.8, 4) is 0 Å². The highest BCUT2D eigenvalue weighted by Gasteiger charge is 2.03. The quantitative estimate of drug-likeness (QED) is 0.816. The lowest BCUT2D eigenvalue weighted by atomic mass is 10.1. The molecule has 0 saturated carbocycles. The molecule has 1 aromatic carbocycles. The van der Waals surface area contributed by atoms with E-state index >= 15 is 0 Å². The van der Waals surface area contributed by atoms with Crippen LogP contribution in [0.4, 0.5) is 0 Å². The minimum absolute atomic E-state index is 0.487. The van der Waals surface area contributed by atoms with Gasteiger partial charge in [-0.2, -0.15) is 0 Å². The van der Waals surface area contributed by atoms with Crippen molar-refractivity contribution >= 4 is 15.9 Å². The summed E-state index contributed by atoms with van der Waals surface area (Å²) in [4.78, 5) is 4.42. The number of nitrogens with one attached hydrogen (secondary N) is 1. The van der Waals surface area contributed by atoms with Gasteiger partial charge < -0.3 is 5.32 Å². The van der Waals surface area contributed by atoms with E-state index in [4.69, 9.17) is 0 Å². The zero-order valence-corrected chi connectivity index (χ0v) is 12.7. The van der Waals surface area contributed by atoms with Crippen molar-refractivity contribution in [3.05, 3.63) is 64.4 Å². The molecule has 0 fully saturated rings. The lowest BCUT2D eigenvalue weighted by molar-refractivity contribution is 0.509. The van der Waals surface area contributed by atoms with Crippen LogP contribution in [0.1, 0.15) is 24.6 Å². The molecule has 100 valence electrons. The predicted molar refractivity (Wildman–Crippen MR) is 83.0 cm³/mol. The Hall–Kier alpha value is -1.19. The highest BCUT2D eigenvalue weighted by molar-refractivity contribution is 9.10. The van der Waals surface area contributed by atoms with Crippen LogP contribution in [0.25, 0.3) is 0 Å². The third kappa shape index (κ3) is 5.13. The molecule has 0 aliphatic carbocycles. The van der Waals surface area contributed by atoms with Gasteiger partial charge in [0.2, 0.25) is 0 Å². The Kier molecular flexibility index (Phi) is 5.55. The lowest BCUT2D eigenvalue weighted by Crippen LogP contribution is -2.26. The smallest absolute Gasteiger partial charge is 0.106 e. The molecule has 1 heterocycles. The van der Waals surface area contributed by atoms with Crippen LogP contribution in [0.5, 0.6) is 0 Å². The number of pyridine rings is 1. The Bertz CT molecular complexity index is 499. The molecule has 1 N–H and O–H groups in total. The second-order valence-corrected chi connectivity index (χ2v) is 5.57. The molecular weight excluding hydrogens is 300 g/mol. The third-order valence-corrected chi connectivity index (χ3v) is 3.55. The van der Waals surface area contributed by atoms with Crippen LogP contribution in [0.3, 0.4) is 0 Å². The second kappa shape index (κ2) is 7.41. The number of hydrogen-bond donors (Lipinski definition) is 1. The van der Waals surface area contributed by atoms with Crippen molar-refractivity contribution in [2.75, 3.05) is 0 Å². The molecule has 3 heteroatoms. The van der Waals surface area contributed by atoms with E-state index in [1.165, 1.54) is 5.56 Å². The Morgan fingerprint density at radius 1 is 1.11 bits per heavy atom. The summed E-state index contributed by atoms with van der Waals surface area (Å²) >= 11 is 3.39. The van der Waals surface area contributed by atoms with E-state index in [0.29, 0.717) is 6.04 Å². The fourth-order valence-corrected chi connectivity index (χ4v) is 2.34. The van der Waals surface area contributed by atoms with Gasteiger partial charge in [-0.05, 0) is 53.4 Å². The first kappa shape index (κ1) is 14.2. The molecule has 0 aliphatic heterocycles. The van der Waals surface area contributed by atoms with E-state index in [1.807, 2.05) is 18.2 Å². The van der Waals surface area contributed by atoms with Gasteiger partial charge in [0.15, 0.2) is 0 Å². The number of hydrogen-bond acceptors (Lipinski definition) is 2. The van der Waals surface area contributed by atoms with Crippen molar-refractivity contribution in [3.63, 3.8) is 0 Å². The van der Waals surface area contributed by atoms with Crippen LogP contribution < -0.4 is 5.32 Å². The molecule has 2 nitrogen and oxygen atoms in total. The molecule has 0 spiro atoms. The largest absolute Gasteiger partial charge is 0.309 e. The summed E-state index contributed by atoms with van der Waals surface area (Å²) in [7, 11) is 0. The number of aromatic nitrogens is 1. The predicted octanol–water partition coefficient (Wildman–Crippen LogP) is 3.96. The number of rotatable bonds is 6. The average Bonchev–Trinajstić information content (AvgIpc) is 2.44. The van der Waals surface area contributed by atoms with E-state index in [9.17, 15) is 0 Å². The zero-order chi connectivity index (χ0) is 13.5. The molecule has 0 bridgehead atoms. The monoisotopic (exact) mass is 318 g/mol. The van der Waals surface area contributed by atoms with Gasteiger partial charge in [-0.1, -0.05) is 36.4 Å². The molecule has 1 atom stereocenters. The molecule has 1 aromatic heterocycles. The highest BCUT2D eigenvalue weighted by atomic mass is 79.9. The van der Waals surface area contributed by atoms with Crippen LogP contribution >= 0.6 is 15.9 Å². The van der Waals surface area contributed by atoms with Gasteiger partial charge >= 0.3 is 0 Å². The first-order valence-electron chi connectivity index (χ1n) is 6.63. The summed E-state index contributed by atoms with van der Waals surface area (Å²) in [6, 6.07) is 17.1. The van der Waals surface area contributed by atoms with Gasteiger partial charge in [0.1, 0.15) is 4.60 Å². The van der Waals surface area contributed by atoms with Crippen molar-refractivity contribution in [1.82, 2.24) is 10.3 Å². The summed E-state index contributed by atoms with van der Waals surface area (Å²) < 4.78 is 0.892. The van der Waals surface area contributed by atoms with Gasteiger partial charge in [-0.3, -0.25) is 0 Å². The molecule has 0 saturated heterocycles. The SMILES string of the molecule is CC(CCc1ccccc1)NCc1cccc(Br)n1. The maximum Gasteiger partial charge on any atom is 0.106 e. The second-order valence-electron chi connectivity index (χ2n) is 4.76. The highest BCUT2D eigenvalue weighted by Crippen LogP contribution is 2.08. The number of aryl methyl sites for hydroxylation is 1. The Morgan fingerprint density at radius 2 is 1.89 bits per heavy atom. The first-order valence-corrected chi connectivity index (χ1v) is 7.42. The van der Waals surface area contributed by atoms with E-state index in [-0.39, 0.29) is 0 Å². The van der Waals surface area contributed by atoms with E-state index < -0.39 is 0 Å². The summed E-state index contributed by atoms with van der Waals surface area (Å²) in [6.07, 6.45) is 2.25. The van der Waals surface area contributed by atoms with Crippen LogP contribution in [0.15, 0.2) is 53.1 Å². The van der Waals surface area contributed by atoms with Gasteiger partial charge in [0.25, 0.3) is 0 Å². The molecule has 0 amide bonds. The normalized spacial score (nSPS) is 12.3. The molecule has 1 unspecified atom stereocenters. The first-order chi connectivity index (χ1) is 9.24. The van der Waals surface area contributed by atoms with Crippen LogP contribution in [0.2, 0.25) is 0 Å². The maximum absolute atomic E-state index is 4.42. The Morgan fingerprint density at radius 3 is 2.63 bits per heavy atom. The van der Waals surface area contributed by atoms with Crippen molar-refractivity contribution in [2.45, 2.75) is 32.4 Å². The Balaban J connectivity index is 1.74. The number of benzene rings is 1. The minimum atomic E-state index is 0.487. The van der Waals surface area contributed by atoms with Crippen LogP contribution in [-0.2, 0) is 13.0 Å². The molecule has 2 aromatic rings. The van der Waals surface area contributed by atoms with Crippen LogP contribution in [-0.4, -0.2) is 11.0 Å². The van der Waals surface area contributed by atoms with Gasteiger partial charge in [0, 0.05) is 12.6 Å². The fourth-order valence-electron chi connectivity index (χ4n) is 1.96. The minimum Gasteiger partial charge on any atom is -0.309 e. The topological polar surface area (TPSA) is 24.9 Å². The maximum atomic E-state index is 4.42. The molecule has 0 aliphatic rings. The van der Waals surface area contributed by atoms with Gasteiger partial charge in [-0.25, -0.2) is 4.98 Å². The molecular formula is C16H19BrN2. The van der Waals surface area contributed by atoms with Crippen molar-refractivity contribution in [1.29, 1.82) is 0 Å². The summed E-state index contributed by atoms with van der Waals surface area (Å²) in [5, 5.41) is 3.51. The summed E-state index contributed by atoms with van der Waals surface area (Å²) in [5.41, 5.74) is 2.47. The summed E-state index contributed by atoms with van der Waals surface area (Å²) in [5.74, 6) is 0. The molecule has 19 heavy (non-hydrogen) atoms. The Labute approximate surface area is 123 Å². The van der Waals surface area contributed by atoms with E-state index in [0.717, 1.165) is 29.7 Å². The third-order valence-electron chi connectivity index (χ3n) is 3.11. The fraction of sp³-hybridized carbons (Fsp3) is 0.312. The molecule has 0 radical (unpaired) electrons. The number of nitrogens with zero attached hydrogens (tertiary/aromatic N) is 1. The molecule has 2 rings (SSSR count). The van der Waals surface area contributed by atoms with Crippen molar-refractivity contribution < 1.29 is 0 Å². The lowest BCUT2D eigenvalue weighted by Gasteiger charge is -2.13. The van der Waals surface area contributed by atoms with Crippen molar-refractivity contribution in [2.24, 2.45) is 0 Å². The van der Waals surface area contributed by atoms with E-state index in [2.05, 4.69) is 63.5 Å². The van der Waals surface area contributed by atoms with Gasteiger partial charge in [0.05, 0.1) is 5.69 Å². The van der Waals surface area contributed by atoms with Crippen LogP contribution in [0, 0.1) is 0 Å². The average molecular weight is 319 g/mol. The zero-order valence-electron chi connectivity index (χ0n) is 11.1. The standard InChI is InChI=1S/C16H19BrN2/c1-13(10-11-14-6-3-2-4-7-14)18-12-15-8-5-9-16(17)19-15/h2-9,13,18H,10-12H2,1H3.